The fraction of sp³-hybridized carbons (Fsp3) is 0.0204. The Morgan fingerprint density at radius 3 is 1.77 bits per heavy atom. The summed E-state index contributed by atoms with van der Waals surface area (Å²) in [6, 6.07) is 66.9. The molecule has 244 valence electrons. The Morgan fingerprint density at radius 2 is 0.962 bits per heavy atom. The molecule has 2 aliphatic rings. The molecule has 9 aromatic rings. The summed E-state index contributed by atoms with van der Waals surface area (Å²) in [5.74, 6) is 3.42. The fourth-order valence-electron chi connectivity index (χ4n) is 8.72. The molecule has 3 nitrogen and oxygen atoms in total. The summed E-state index contributed by atoms with van der Waals surface area (Å²) in [5.41, 5.74) is 11.7. The van der Waals surface area contributed by atoms with E-state index in [2.05, 4.69) is 193 Å². The first-order chi connectivity index (χ1) is 25.8. The molecule has 0 radical (unpaired) electrons. The van der Waals surface area contributed by atoms with Gasteiger partial charge in [0.1, 0.15) is 23.0 Å². The number of aromatic nitrogens is 1. The zero-order valence-electron chi connectivity index (χ0n) is 28.2. The van der Waals surface area contributed by atoms with Crippen LogP contribution in [0.5, 0.6) is 23.0 Å². The van der Waals surface area contributed by atoms with Crippen LogP contribution in [0.1, 0.15) is 22.3 Å². The van der Waals surface area contributed by atoms with E-state index in [9.17, 15) is 0 Å². The normalized spacial score (nSPS) is 15.3. The minimum Gasteiger partial charge on any atom is -0.457 e. The van der Waals surface area contributed by atoms with Crippen molar-refractivity contribution in [3.05, 3.63) is 210 Å². The predicted molar refractivity (Wildman–Crippen MR) is 210 cm³/mol. The van der Waals surface area contributed by atoms with Gasteiger partial charge in [-0.3, -0.25) is 0 Å². The van der Waals surface area contributed by atoms with Crippen molar-refractivity contribution in [3.8, 4) is 50.9 Å². The van der Waals surface area contributed by atoms with Crippen LogP contribution in [0.2, 0.25) is 0 Å². The van der Waals surface area contributed by atoms with Gasteiger partial charge in [0, 0.05) is 44.3 Å². The Morgan fingerprint density at radius 1 is 0.365 bits per heavy atom. The van der Waals surface area contributed by atoms with E-state index >= 15 is 0 Å². The second kappa shape index (κ2) is 11.1. The van der Waals surface area contributed by atoms with Gasteiger partial charge in [-0.05, 0) is 65.2 Å². The van der Waals surface area contributed by atoms with E-state index in [-0.39, 0.29) is 0 Å². The van der Waals surface area contributed by atoms with Gasteiger partial charge < -0.3 is 14.0 Å². The van der Waals surface area contributed by atoms with Crippen molar-refractivity contribution in [2.45, 2.75) is 5.41 Å². The van der Waals surface area contributed by atoms with E-state index in [1.165, 1.54) is 21.8 Å². The molecule has 0 aliphatic carbocycles. The van der Waals surface area contributed by atoms with Gasteiger partial charge in [0.15, 0.2) is 0 Å². The molecule has 0 amide bonds. The Balaban J connectivity index is 1.15. The Hall–Kier alpha value is -6.84. The van der Waals surface area contributed by atoms with Crippen LogP contribution in [-0.4, -0.2) is 4.57 Å². The highest BCUT2D eigenvalue weighted by Crippen LogP contribution is 2.62. The number of nitrogens with zero attached hydrogens (tertiary/aromatic N) is 1. The van der Waals surface area contributed by atoms with Gasteiger partial charge in [-0.25, -0.2) is 0 Å². The first-order valence-electron chi connectivity index (χ1n) is 17.8. The van der Waals surface area contributed by atoms with Crippen molar-refractivity contribution in [3.63, 3.8) is 0 Å². The topological polar surface area (TPSA) is 23.4 Å². The van der Waals surface area contributed by atoms with Gasteiger partial charge in [0.25, 0.3) is 0 Å². The first kappa shape index (κ1) is 28.9. The van der Waals surface area contributed by atoms with Crippen LogP contribution < -0.4 is 9.47 Å². The molecule has 1 aromatic heterocycles. The number of fused-ring (bicyclic) bond motifs is 11. The summed E-state index contributed by atoms with van der Waals surface area (Å²) >= 11 is 0. The molecule has 0 fully saturated rings. The number of rotatable bonds is 3. The van der Waals surface area contributed by atoms with Crippen LogP contribution in [0, 0.1) is 0 Å². The molecule has 0 bridgehead atoms. The molecule has 0 saturated carbocycles. The average Bonchev–Trinajstić information content (AvgIpc) is 3.55. The molecular formula is C49H31NO2. The lowest BCUT2D eigenvalue weighted by Crippen LogP contribution is -2.37. The predicted octanol–water partition coefficient (Wildman–Crippen LogP) is 12.7. The first-order valence-corrected chi connectivity index (χ1v) is 17.8. The molecule has 11 rings (SSSR count). The third kappa shape index (κ3) is 4.02. The highest BCUT2D eigenvalue weighted by molar-refractivity contribution is 6.10. The molecule has 1 atom stereocenters. The number of hydrogen-bond donors (Lipinski definition) is 0. The molecule has 0 saturated heterocycles. The van der Waals surface area contributed by atoms with Gasteiger partial charge in [-0.15, -0.1) is 0 Å². The number of hydrogen-bond acceptors (Lipinski definition) is 2. The molecular weight excluding hydrogens is 635 g/mol. The van der Waals surface area contributed by atoms with Gasteiger partial charge >= 0.3 is 0 Å². The van der Waals surface area contributed by atoms with E-state index in [1.807, 2.05) is 0 Å². The SMILES string of the molecule is c1ccc(-c2cccc3c2Oc2ccccc2C32c3ccccc3Oc3cc(-c4ccc5c(c4)c4ccccc4n5-c4ccccc4)ccc32)cc1. The summed E-state index contributed by atoms with van der Waals surface area (Å²) in [7, 11) is 0. The smallest absolute Gasteiger partial charge is 0.140 e. The zero-order chi connectivity index (χ0) is 34.2. The zero-order valence-corrected chi connectivity index (χ0v) is 28.2. The third-order valence-electron chi connectivity index (χ3n) is 10.9. The van der Waals surface area contributed by atoms with Crippen LogP contribution in [0.25, 0.3) is 49.7 Å². The highest BCUT2D eigenvalue weighted by atomic mass is 16.5. The van der Waals surface area contributed by atoms with Gasteiger partial charge in [0.2, 0.25) is 0 Å². The van der Waals surface area contributed by atoms with E-state index < -0.39 is 5.41 Å². The highest BCUT2D eigenvalue weighted by Gasteiger charge is 2.51. The van der Waals surface area contributed by atoms with Gasteiger partial charge in [0.05, 0.1) is 16.4 Å². The largest absolute Gasteiger partial charge is 0.457 e. The summed E-state index contributed by atoms with van der Waals surface area (Å²) in [5, 5.41) is 2.45. The molecule has 0 N–H and O–H groups in total. The number of benzene rings is 8. The molecule has 3 heterocycles. The maximum atomic E-state index is 6.89. The van der Waals surface area contributed by atoms with Crippen LogP contribution in [0.4, 0.5) is 0 Å². The second-order valence-electron chi connectivity index (χ2n) is 13.6. The lowest BCUT2D eigenvalue weighted by atomic mass is 9.62. The van der Waals surface area contributed by atoms with Crippen molar-refractivity contribution in [2.24, 2.45) is 0 Å². The second-order valence-corrected chi connectivity index (χ2v) is 13.6. The molecule has 1 unspecified atom stereocenters. The maximum Gasteiger partial charge on any atom is 0.140 e. The summed E-state index contributed by atoms with van der Waals surface area (Å²) in [6.07, 6.45) is 0. The minimum atomic E-state index is -0.662. The third-order valence-corrected chi connectivity index (χ3v) is 10.9. The molecule has 1 spiro atoms. The van der Waals surface area contributed by atoms with E-state index in [0.717, 1.165) is 73.2 Å². The van der Waals surface area contributed by atoms with E-state index in [0.29, 0.717) is 0 Å². The van der Waals surface area contributed by atoms with Crippen molar-refractivity contribution in [2.75, 3.05) is 0 Å². The molecule has 2 aliphatic heterocycles. The summed E-state index contributed by atoms with van der Waals surface area (Å²) < 4.78 is 16.1. The van der Waals surface area contributed by atoms with Crippen LogP contribution in [0.15, 0.2) is 188 Å². The minimum absolute atomic E-state index is 0.662. The molecule has 8 aromatic carbocycles. The Bertz CT molecular complexity index is 2840. The van der Waals surface area contributed by atoms with E-state index in [1.54, 1.807) is 0 Å². The standard InChI is InChI=1S/C49H31NO2/c1-3-14-32(15-4-1)36-19-13-22-42-48(36)52-46-25-12-9-21-40(46)49(42)39-20-8-11-24-45(39)51-47-31-34(26-28-41(47)49)33-27-29-44-38(30-33)37-18-7-10-23-43(37)50(44)35-16-5-2-6-17-35/h1-31H. The summed E-state index contributed by atoms with van der Waals surface area (Å²) in [6.45, 7) is 0. The van der Waals surface area contributed by atoms with Crippen molar-refractivity contribution in [1.82, 2.24) is 4.57 Å². The number of para-hydroxylation sites is 5. The Kier molecular flexibility index (Phi) is 6.17. The molecule has 3 heteroatoms. The van der Waals surface area contributed by atoms with Crippen LogP contribution in [0.3, 0.4) is 0 Å². The lowest BCUT2D eigenvalue weighted by Gasteiger charge is -2.45. The van der Waals surface area contributed by atoms with Crippen LogP contribution >= 0.6 is 0 Å². The van der Waals surface area contributed by atoms with Crippen molar-refractivity contribution in [1.29, 1.82) is 0 Å². The lowest BCUT2D eigenvalue weighted by molar-refractivity contribution is 0.400. The maximum absolute atomic E-state index is 6.89. The van der Waals surface area contributed by atoms with E-state index in [4.69, 9.17) is 9.47 Å². The van der Waals surface area contributed by atoms with Crippen molar-refractivity contribution < 1.29 is 9.47 Å². The van der Waals surface area contributed by atoms with Gasteiger partial charge in [-0.1, -0.05) is 140 Å². The fourth-order valence-corrected chi connectivity index (χ4v) is 8.72. The monoisotopic (exact) mass is 665 g/mol. The molecule has 52 heavy (non-hydrogen) atoms. The Labute approximate surface area is 301 Å². The van der Waals surface area contributed by atoms with Gasteiger partial charge in [-0.2, -0.15) is 0 Å². The van der Waals surface area contributed by atoms with Crippen molar-refractivity contribution >= 4 is 21.8 Å². The van der Waals surface area contributed by atoms with Crippen LogP contribution in [-0.2, 0) is 5.41 Å². The number of ether oxygens (including phenoxy) is 2. The average molecular weight is 666 g/mol. The quantitative estimate of drug-likeness (QED) is 0.187. The summed E-state index contributed by atoms with van der Waals surface area (Å²) in [4.78, 5) is 0.